The Balaban J connectivity index is 1.82. The third-order valence-electron chi connectivity index (χ3n) is 2.19. The molecule has 1 heterocycles. The van der Waals surface area contributed by atoms with E-state index >= 15 is 0 Å². The van der Waals surface area contributed by atoms with Crippen LogP contribution in [0.25, 0.3) is 0 Å². The van der Waals surface area contributed by atoms with Crippen molar-refractivity contribution >= 4 is 11.9 Å². The van der Waals surface area contributed by atoms with E-state index in [0.29, 0.717) is 18.4 Å². The van der Waals surface area contributed by atoms with Crippen molar-refractivity contribution in [2.45, 2.75) is 25.4 Å². The van der Waals surface area contributed by atoms with Gasteiger partial charge in [0.1, 0.15) is 12.5 Å². The minimum absolute atomic E-state index is 0.0663. The molecule has 2 rings (SSSR count). The molecule has 12 heavy (non-hydrogen) atoms. The second-order valence-corrected chi connectivity index (χ2v) is 3.30. The van der Waals surface area contributed by atoms with Gasteiger partial charge in [-0.25, -0.2) is 0 Å². The van der Waals surface area contributed by atoms with E-state index in [9.17, 15) is 4.79 Å². The molecule has 0 aromatic rings. The Morgan fingerprint density at radius 1 is 1.67 bits per heavy atom. The number of hydrogen-bond donors (Lipinski definition) is 1. The van der Waals surface area contributed by atoms with Crippen LogP contribution in [0.1, 0.15) is 19.3 Å². The summed E-state index contributed by atoms with van der Waals surface area (Å²) in [4.78, 5) is 14.3. The van der Waals surface area contributed by atoms with Gasteiger partial charge in [-0.2, -0.15) is 0 Å². The van der Waals surface area contributed by atoms with E-state index < -0.39 is 5.97 Å². The second-order valence-electron chi connectivity index (χ2n) is 3.30. The normalized spacial score (nSPS) is 28.0. The molecule has 2 aliphatic rings. The highest BCUT2D eigenvalue weighted by molar-refractivity contribution is 5.94. The first-order valence-electron chi connectivity index (χ1n) is 4.17. The standard InChI is InChI=1S/C8H11NO3/c10-8(11)3-7-9-4-6(12-7)5-1-2-5/h5-6H,1-4H2,(H,10,11). The van der Waals surface area contributed by atoms with Gasteiger partial charge < -0.3 is 9.84 Å². The van der Waals surface area contributed by atoms with Crippen LogP contribution >= 0.6 is 0 Å². The van der Waals surface area contributed by atoms with Crippen molar-refractivity contribution in [1.29, 1.82) is 0 Å². The lowest BCUT2D eigenvalue weighted by Crippen LogP contribution is -2.16. The highest BCUT2D eigenvalue weighted by Crippen LogP contribution is 2.36. The molecule has 1 unspecified atom stereocenters. The van der Waals surface area contributed by atoms with Gasteiger partial charge in [-0.1, -0.05) is 0 Å². The van der Waals surface area contributed by atoms with Crippen molar-refractivity contribution in [2.75, 3.05) is 6.54 Å². The zero-order valence-electron chi connectivity index (χ0n) is 6.69. The molecular formula is C8H11NO3. The molecule has 66 valence electrons. The smallest absolute Gasteiger partial charge is 0.312 e. The van der Waals surface area contributed by atoms with Gasteiger partial charge >= 0.3 is 5.97 Å². The third-order valence-corrected chi connectivity index (χ3v) is 2.19. The minimum atomic E-state index is -0.870. The summed E-state index contributed by atoms with van der Waals surface area (Å²) in [5.41, 5.74) is 0. The van der Waals surface area contributed by atoms with Gasteiger partial charge in [0, 0.05) is 0 Å². The van der Waals surface area contributed by atoms with Gasteiger partial charge in [0.15, 0.2) is 5.90 Å². The summed E-state index contributed by atoms with van der Waals surface area (Å²) < 4.78 is 5.37. The molecule has 1 fully saturated rings. The Kier molecular flexibility index (Phi) is 1.75. The Labute approximate surface area is 70.2 Å². The zero-order valence-corrected chi connectivity index (χ0v) is 6.69. The molecular weight excluding hydrogens is 158 g/mol. The van der Waals surface area contributed by atoms with E-state index in [2.05, 4.69) is 4.99 Å². The average Bonchev–Trinajstić information content (AvgIpc) is 2.73. The van der Waals surface area contributed by atoms with Gasteiger partial charge in [0.2, 0.25) is 0 Å². The van der Waals surface area contributed by atoms with Crippen LogP contribution in [-0.4, -0.2) is 29.6 Å². The lowest BCUT2D eigenvalue weighted by Gasteiger charge is -2.07. The first-order valence-corrected chi connectivity index (χ1v) is 4.17. The summed E-state index contributed by atoms with van der Waals surface area (Å²) in [6.07, 6.45) is 2.53. The number of rotatable bonds is 3. The molecule has 4 nitrogen and oxygen atoms in total. The SMILES string of the molecule is O=C(O)CC1=NCC(C2CC2)O1. The maximum atomic E-state index is 10.3. The van der Waals surface area contributed by atoms with Crippen LogP contribution in [0.3, 0.4) is 0 Å². The highest BCUT2D eigenvalue weighted by Gasteiger charge is 2.36. The molecule has 0 spiro atoms. The van der Waals surface area contributed by atoms with Gasteiger partial charge in [-0.15, -0.1) is 0 Å². The second kappa shape index (κ2) is 2.77. The maximum Gasteiger partial charge on any atom is 0.312 e. The van der Waals surface area contributed by atoms with Crippen LogP contribution in [0.2, 0.25) is 0 Å². The van der Waals surface area contributed by atoms with Crippen LogP contribution in [0.15, 0.2) is 4.99 Å². The number of nitrogens with zero attached hydrogens (tertiary/aromatic N) is 1. The van der Waals surface area contributed by atoms with E-state index in [1.165, 1.54) is 12.8 Å². The molecule has 0 bridgehead atoms. The quantitative estimate of drug-likeness (QED) is 0.675. The van der Waals surface area contributed by atoms with E-state index in [4.69, 9.17) is 9.84 Å². The largest absolute Gasteiger partial charge is 0.481 e. The van der Waals surface area contributed by atoms with Crippen LogP contribution in [0, 0.1) is 5.92 Å². The van der Waals surface area contributed by atoms with Crippen LogP contribution in [0.4, 0.5) is 0 Å². The minimum Gasteiger partial charge on any atom is -0.481 e. The molecule has 1 N–H and O–H groups in total. The van der Waals surface area contributed by atoms with Gasteiger partial charge in [-0.05, 0) is 18.8 Å². The first kappa shape index (κ1) is 7.58. The summed E-state index contributed by atoms with van der Waals surface area (Å²) in [6, 6.07) is 0. The number of aliphatic imine (C=N–C) groups is 1. The Bertz CT molecular complexity index is 232. The van der Waals surface area contributed by atoms with E-state index in [0.717, 1.165) is 0 Å². The average molecular weight is 169 g/mol. The molecule has 1 aliphatic carbocycles. The fourth-order valence-electron chi connectivity index (χ4n) is 1.38. The van der Waals surface area contributed by atoms with E-state index in [1.807, 2.05) is 0 Å². The lowest BCUT2D eigenvalue weighted by atomic mass is 10.2. The molecule has 0 aromatic heterocycles. The Morgan fingerprint density at radius 3 is 3.00 bits per heavy atom. The lowest BCUT2D eigenvalue weighted by molar-refractivity contribution is -0.135. The summed E-state index contributed by atoms with van der Waals surface area (Å²) in [7, 11) is 0. The topological polar surface area (TPSA) is 58.9 Å². The number of aliphatic carboxylic acids is 1. The van der Waals surface area contributed by atoms with Crippen LogP contribution < -0.4 is 0 Å². The van der Waals surface area contributed by atoms with Crippen molar-refractivity contribution in [3.05, 3.63) is 0 Å². The molecule has 0 aromatic carbocycles. The van der Waals surface area contributed by atoms with E-state index in [1.54, 1.807) is 0 Å². The summed E-state index contributed by atoms with van der Waals surface area (Å²) in [5.74, 6) is 0.171. The molecule has 1 saturated carbocycles. The Morgan fingerprint density at radius 2 is 2.42 bits per heavy atom. The van der Waals surface area contributed by atoms with Crippen molar-refractivity contribution in [3.8, 4) is 0 Å². The summed E-state index contributed by atoms with van der Waals surface area (Å²) >= 11 is 0. The molecule has 0 saturated heterocycles. The first-order chi connectivity index (χ1) is 5.75. The highest BCUT2D eigenvalue weighted by atomic mass is 16.5. The van der Waals surface area contributed by atoms with Gasteiger partial charge in [0.25, 0.3) is 0 Å². The maximum absolute atomic E-state index is 10.3. The van der Waals surface area contributed by atoms with Crippen molar-refractivity contribution < 1.29 is 14.6 Å². The fourth-order valence-corrected chi connectivity index (χ4v) is 1.38. The van der Waals surface area contributed by atoms with Crippen LogP contribution in [0.5, 0.6) is 0 Å². The van der Waals surface area contributed by atoms with Crippen molar-refractivity contribution in [2.24, 2.45) is 10.9 Å². The number of carboxylic acid groups (broad SMARTS) is 1. The van der Waals surface area contributed by atoms with E-state index in [-0.39, 0.29) is 12.5 Å². The third kappa shape index (κ3) is 1.57. The number of ether oxygens (including phenoxy) is 1. The molecule has 1 atom stereocenters. The number of carbonyl (C=O) groups is 1. The number of carboxylic acids is 1. The number of hydrogen-bond acceptors (Lipinski definition) is 3. The predicted molar refractivity (Wildman–Crippen MR) is 42.2 cm³/mol. The van der Waals surface area contributed by atoms with Gasteiger partial charge in [0.05, 0.1) is 6.54 Å². The van der Waals surface area contributed by atoms with Crippen molar-refractivity contribution in [1.82, 2.24) is 0 Å². The van der Waals surface area contributed by atoms with Gasteiger partial charge in [-0.3, -0.25) is 9.79 Å². The zero-order chi connectivity index (χ0) is 8.55. The van der Waals surface area contributed by atoms with Crippen LogP contribution in [-0.2, 0) is 9.53 Å². The predicted octanol–water partition coefficient (Wildman–Crippen LogP) is 0.668. The molecule has 0 amide bonds. The Hall–Kier alpha value is -1.06. The molecule has 0 radical (unpaired) electrons. The molecule has 1 aliphatic heterocycles. The summed E-state index contributed by atoms with van der Waals surface area (Å²) in [6.45, 7) is 0.660. The van der Waals surface area contributed by atoms with Crippen molar-refractivity contribution in [3.63, 3.8) is 0 Å². The molecule has 4 heteroatoms. The monoisotopic (exact) mass is 169 g/mol. The summed E-state index contributed by atoms with van der Waals surface area (Å²) in [5, 5.41) is 8.45. The fraction of sp³-hybridized carbons (Fsp3) is 0.750.